The van der Waals surface area contributed by atoms with Crippen molar-refractivity contribution in [2.75, 3.05) is 14.1 Å². The first-order valence-corrected chi connectivity index (χ1v) is 6.05. The number of carbonyl (C=O) groups excluding carboxylic acids is 1. The van der Waals surface area contributed by atoms with Crippen molar-refractivity contribution < 1.29 is 9.53 Å². The third kappa shape index (κ3) is 2.70. The molecule has 0 saturated carbocycles. The lowest BCUT2D eigenvalue weighted by molar-refractivity contribution is 0.172. The minimum absolute atomic E-state index is 0.422. The lowest BCUT2D eigenvalue weighted by Gasteiger charge is -2.13. The van der Waals surface area contributed by atoms with E-state index >= 15 is 0 Å². The largest absolute Gasteiger partial charge is 0.414 e. The van der Waals surface area contributed by atoms with Gasteiger partial charge >= 0.3 is 6.09 Å². The topological polar surface area (TPSA) is 58.2 Å². The smallest absolute Gasteiger partial charge is 0.409 e. The van der Waals surface area contributed by atoms with Gasteiger partial charge in [-0.15, -0.1) is 0 Å². The van der Waals surface area contributed by atoms with E-state index < -0.39 is 6.09 Å². The van der Waals surface area contributed by atoms with Crippen molar-refractivity contribution in [1.82, 2.24) is 14.9 Å². The summed E-state index contributed by atoms with van der Waals surface area (Å²) in [5.41, 5.74) is 1.47. The van der Waals surface area contributed by atoms with Gasteiger partial charge in [0.2, 0.25) is 0 Å². The molecule has 0 bridgehead atoms. The van der Waals surface area contributed by atoms with Crippen molar-refractivity contribution in [3.63, 3.8) is 0 Å². The number of ether oxygens (including phenoxy) is 1. The van der Waals surface area contributed by atoms with Crippen LogP contribution in [0.25, 0.3) is 11.3 Å². The first-order chi connectivity index (χ1) is 8.58. The molecule has 1 aromatic carbocycles. The molecular weight excluding hydrogens is 298 g/mol. The Bertz CT molecular complexity index is 552. The Hall–Kier alpha value is -1.82. The molecular formula is C12H12BrN3O2. The van der Waals surface area contributed by atoms with Crippen LogP contribution >= 0.6 is 15.9 Å². The molecule has 6 heteroatoms. The van der Waals surface area contributed by atoms with E-state index in [4.69, 9.17) is 4.74 Å². The van der Waals surface area contributed by atoms with Crippen LogP contribution in [0.2, 0.25) is 0 Å². The summed E-state index contributed by atoms with van der Waals surface area (Å²) in [7, 11) is 3.27. The van der Waals surface area contributed by atoms with Gasteiger partial charge in [-0.05, 0) is 18.2 Å². The molecule has 94 valence electrons. The molecule has 2 rings (SSSR count). The molecule has 0 aliphatic rings. The van der Waals surface area contributed by atoms with Crippen molar-refractivity contribution in [3.05, 3.63) is 35.2 Å². The van der Waals surface area contributed by atoms with E-state index in [0.717, 1.165) is 15.7 Å². The van der Waals surface area contributed by atoms with E-state index in [1.807, 2.05) is 12.1 Å². The number of carbonyl (C=O) groups is 1. The SMILES string of the molecule is CN(C)C(=O)Oc1ccc(Br)cc1-c1c[nH]cn1. The van der Waals surface area contributed by atoms with Crippen molar-refractivity contribution in [1.29, 1.82) is 0 Å². The zero-order valence-corrected chi connectivity index (χ0v) is 11.6. The molecule has 1 aromatic heterocycles. The summed E-state index contributed by atoms with van der Waals surface area (Å²) in [4.78, 5) is 20.0. The van der Waals surface area contributed by atoms with Crippen LogP contribution in [-0.2, 0) is 0 Å². The van der Waals surface area contributed by atoms with E-state index in [1.165, 1.54) is 4.90 Å². The first kappa shape index (κ1) is 12.6. The fraction of sp³-hybridized carbons (Fsp3) is 0.167. The molecule has 0 spiro atoms. The van der Waals surface area contributed by atoms with Crippen LogP contribution in [0.1, 0.15) is 0 Å². The maximum atomic E-state index is 11.6. The summed E-state index contributed by atoms with van der Waals surface area (Å²) in [6, 6.07) is 5.40. The van der Waals surface area contributed by atoms with E-state index in [1.54, 1.807) is 32.7 Å². The van der Waals surface area contributed by atoms with Crippen molar-refractivity contribution >= 4 is 22.0 Å². The predicted molar refractivity (Wildman–Crippen MR) is 71.4 cm³/mol. The summed E-state index contributed by atoms with van der Waals surface area (Å²) in [6.07, 6.45) is 2.90. The fourth-order valence-corrected chi connectivity index (χ4v) is 1.75. The molecule has 0 aliphatic carbocycles. The molecule has 0 saturated heterocycles. The van der Waals surface area contributed by atoms with E-state index in [2.05, 4.69) is 25.9 Å². The Labute approximate surface area is 113 Å². The number of amides is 1. The number of benzene rings is 1. The van der Waals surface area contributed by atoms with Crippen LogP contribution < -0.4 is 4.74 Å². The van der Waals surface area contributed by atoms with Gasteiger partial charge in [0, 0.05) is 30.3 Å². The van der Waals surface area contributed by atoms with Crippen molar-refractivity contribution in [2.24, 2.45) is 0 Å². The monoisotopic (exact) mass is 309 g/mol. The van der Waals surface area contributed by atoms with Gasteiger partial charge in [0.15, 0.2) is 0 Å². The normalized spacial score (nSPS) is 10.2. The Morgan fingerprint density at radius 2 is 2.22 bits per heavy atom. The Morgan fingerprint density at radius 3 is 2.83 bits per heavy atom. The quantitative estimate of drug-likeness (QED) is 0.928. The molecule has 0 radical (unpaired) electrons. The number of aromatic amines is 1. The highest BCUT2D eigenvalue weighted by Crippen LogP contribution is 2.31. The minimum atomic E-state index is -0.422. The molecule has 1 amide bonds. The second-order valence-corrected chi connectivity index (χ2v) is 4.77. The molecule has 2 aromatic rings. The van der Waals surface area contributed by atoms with Gasteiger partial charge in [0.05, 0.1) is 12.0 Å². The maximum Gasteiger partial charge on any atom is 0.414 e. The van der Waals surface area contributed by atoms with Gasteiger partial charge in [0.25, 0.3) is 0 Å². The number of rotatable bonds is 2. The predicted octanol–water partition coefficient (Wildman–Crippen LogP) is 2.90. The van der Waals surface area contributed by atoms with Crippen LogP contribution in [0, 0.1) is 0 Å². The third-order valence-corrected chi connectivity index (χ3v) is 2.77. The Balaban J connectivity index is 2.38. The highest BCUT2D eigenvalue weighted by atomic mass is 79.9. The lowest BCUT2D eigenvalue weighted by atomic mass is 10.1. The summed E-state index contributed by atoms with van der Waals surface area (Å²) in [5, 5.41) is 0. The number of aromatic nitrogens is 2. The number of H-pyrrole nitrogens is 1. The number of halogens is 1. The molecule has 1 N–H and O–H groups in total. The van der Waals surface area contributed by atoms with Crippen molar-refractivity contribution in [2.45, 2.75) is 0 Å². The molecule has 1 heterocycles. The number of nitrogens with zero attached hydrogens (tertiary/aromatic N) is 2. The van der Waals surface area contributed by atoms with Crippen LogP contribution in [0.4, 0.5) is 4.79 Å². The van der Waals surface area contributed by atoms with Gasteiger partial charge in [-0.25, -0.2) is 9.78 Å². The van der Waals surface area contributed by atoms with Gasteiger partial charge < -0.3 is 14.6 Å². The number of imidazole rings is 1. The summed E-state index contributed by atoms with van der Waals surface area (Å²) in [6.45, 7) is 0. The van der Waals surface area contributed by atoms with Crippen LogP contribution in [0.3, 0.4) is 0 Å². The van der Waals surface area contributed by atoms with E-state index in [-0.39, 0.29) is 0 Å². The first-order valence-electron chi connectivity index (χ1n) is 5.26. The molecule has 18 heavy (non-hydrogen) atoms. The molecule has 0 atom stereocenters. The van der Waals surface area contributed by atoms with Gasteiger partial charge in [-0.3, -0.25) is 0 Å². The second kappa shape index (κ2) is 5.22. The lowest BCUT2D eigenvalue weighted by Crippen LogP contribution is -2.25. The molecule has 0 fully saturated rings. The minimum Gasteiger partial charge on any atom is -0.409 e. The summed E-state index contributed by atoms with van der Waals surface area (Å²) >= 11 is 3.39. The average molecular weight is 310 g/mol. The number of nitrogens with one attached hydrogen (secondary N) is 1. The molecule has 0 unspecified atom stereocenters. The fourth-order valence-electron chi connectivity index (χ4n) is 1.38. The van der Waals surface area contributed by atoms with Gasteiger partial charge in [-0.2, -0.15) is 0 Å². The van der Waals surface area contributed by atoms with Crippen LogP contribution in [0.5, 0.6) is 5.75 Å². The molecule has 0 aliphatic heterocycles. The van der Waals surface area contributed by atoms with Gasteiger partial charge in [0.1, 0.15) is 5.75 Å². The van der Waals surface area contributed by atoms with E-state index in [0.29, 0.717) is 5.75 Å². The summed E-state index contributed by atoms with van der Waals surface area (Å²) < 4.78 is 6.19. The number of hydrogen-bond donors (Lipinski definition) is 1. The van der Waals surface area contributed by atoms with Crippen LogP contribution in [0.15, 0.2) is 35.2 Å². The highest BCUT2D eigenvalue weighted by Gasteiger charge is 2.13. The maximum absolute atomic E-state index is 11.6. The zero-order chi connectivity index (χ0) is 13.1. The average Bonchev–Trinajstić information content (AvgIpc) is 2.84. The summed E-state index contributed by atoms with van der Waals surface area (Å²) in [5.74, 6) is 0.476. The second-order valence-electron chi connectivity index (χ2n) is 3.86. The zero-order valence-electron chi connectivity index (χ0n) is 9.98. The molecule has 5 nitrogen and oxygen atoms in total. The number of hydrogen-bond acceptors (Lipinski definition) is 3. The van der Waals surface area contributed by atoms with Gasteiger partial charge in [-0.1, -0.05) is 15.9 Å². The third-order valence-electron chi connectivity index (χ3n) is 2.28. The van der Waals surface area contributed by atoms with Crippen LogP contribution in [-0.4, -0.2) is 35.1 Å². The highest BCUT2D eigenvalue weighted by molar-refractivity contribution is 9.10. The van der Waals surface area contributed by atoms with Crippen molar-refractivity contribution in [3.8, 4) is 17.0 Å². The standard InChI is InChI=1S/C12H12BrN3O2/c1-16(2)12(17)18-11-4-3-8(13)5-9(11)10-6-14-7-15-10/h3-7H,1-2H3,(H,14,15). The Morgan fingerprint density at radius 1 is 1.44 bits per heavy atom. The van der Waals surface area contributed by atoms with E-state index in [9.17, 15) is 4.79 Å². The Kier molecular flexibility index (Phi) is 3.66.